The number of nitrogens with one attached hydrogen (secondary N) is 1. The topological polar surface area (TPSA) is 116 Å². The van der Waals surface area contributed by atoms with E-state index in [1.165, 1.54) is 24.3 Å². The van der Waals surface area contributed by atoms with E-state index in [1.54, 1.807) is 13.8 Å². The van der Waals surface area contributed by atoms with Crippen molar-refractivity contribution in [2.45, 2.75) is 37.3 Å². The Labute approximate surface area is 161 Å². The fourth-order valence-electron chi connectivity index (χ4n) is 2.51. The van der Waals surface area contributed by atoms with E-state index in [0.717, 1.165) is 24.3 Å². The second-order valence-electron chi connectivity index (χ2n) is 6.19. The number of hydrogen-bond acceptors (Lipinski definition) is 6. The highest BCUT2D eigenvalue weighted by molar-refractivity contribution is 7.89. The van der Waals surface area contributed by atoms with E-state index in [2.05, 4.69) is 4.72 Å². The number of para-hydroxylation sites is 1. The largest absolute Gasteiger partial charge is 0.463 e. The molecule has 0 aliphatic rings. The third-order valence-corrected chi connectivity index (χ3v) is 5.16. The van der Waals surface area contributed by atoms with Crippen molar-refractivity contribution in [3.8, 4) is 0 Å². The monoisotopic (exact) mass is 410 g/mol. The quantitative estimate of drug-likeness (QED) is 0.406. The van der Waals surface area contributed by atoms with Crippen LogP contribution in [0.1, 0.15) is 31.9 Å². The molecule has 8 nitrogen and oxygen atoms in total. The number of esters is 1. The Kier molecular flexibility index (Phi) is 6.81. The SMILES string of the molecule is CC(C)OC(=O)CC(NS(=O)(=O)c1ccc(F)cc1)c1ccccc1[N+](=O)[O-]. The number of nitrogens with zero attached hydrogens (tertiary/aromatic N) is 1. The van der Waals surface area contributed by atoms with Crippen molar-refractivity contribution in [1.29, 1.82) is 0 Å². The van der Waals surface area contributed by atoms with Gasteiger partial charge in [-0.3, -0.25) is 14.9 Å². The summed E-state index contributed by atoms with van der Waals surface area (Å²) in [5, 5.41) is 11.3. The molecular formula is C18H19FN2O6S. The van der Waals surface area contributed by atoms with Crippen LogP contribution in [0.25, 0.3) is 0 Å². The Balaban J connectivity index is 2.42. The number of hydrogen-bond donors (Lipinski definition) is 1. The lowest BCUT2D eigenvalue weighted by Crippen LogP contribution is -2.31. The molecule has 0 heterocycles. The van der Waals surface area contributed by atoms with E-state index in [1.807, 2.05) is 0 Å². The Morgan fingerprint density at radius 3 is 2.36 bits per heavy atom. The van der Waals surface area contributed by atoms with Crippen LogP contribution in [0.3, 0.4) is 0 Å². The van der Waals surface area contributed by atoms with Crippen LogP contribution in [0.4, 0.5) is 10.1 Å². The number of nitro groups is 1. The number of ether oxygens (including phenoxy) is 1. The molecule has 1 unspecified atom stereocenters. The molecule has 0 spiro atoms. The van der Waals surface area contributed by atoms with Gasteiger partial charge in [0.15, 0.2) is 0 Å². The maximum Gasteiger partial charge on any atom is 0.308 e. The molecule has 0 aromatic heterocycles. The van der Waals surface area contributed by atoms with E-state index in [4.69, 9.17) is 4.74 Å². The molecule has 150 valence electrons. The van der Waals surface area contributed by atoms with Crippen LogP contribution in [0.5, 0.6) is 0 Å². The highest BCUT2D eigenvalue weighted by atomic mass is 32.2. The first-order valence-corrected chi connectivity index (χ1v) is 9.79. The van der Waals surface area contributed by atoms with Crippen molar-refractivity contribution in [3.05, 3.63) is 70.0 Å². The van der Waals surface area contributed by atoms with Crippen LogP contribution in [0.2, 0.25) is 0 Å². The van der Waals surface area contributed by atoms with Crippen molar-refractivity contribution in [3.63, 3.8) is 0 Å². The molecule has 2 aromatic rings. The lowest BCUT2D eigenvalue weighted by Gasteiger charge is -2.19. The van der Waals surface area contributed by atoms with Gasteiger partial charge < -0.3 is 4.74 Å². The molecule has 0 fully saturated rings. The van der Waals surface area contributed by atoms with Crippen LogP contribution in [-0.4, -0.2) is 25.4 Å². The summed E-state index contributed by atoms with van der Waals surface area (Å²) in [5.74, 6) is -1.34. The summed E-state index contributed by atoms with van der Waals surface area (Å²) >= 11 is 0. The van der Waals surface area contributed by atoms with E-state index in [0.29, 0.717) is 0 Å². The number of carbonyl (C=O) groups is 1. The van der Waals surface area contributed by atoms with Crippen LogP contribution < -0.4 is 4.72 Å². The molecule has 0 bridgehead atoms. The van der Waals surface area contributed by atoms with Crippen molar-refractivity contribution in [1.82, 2.24) is 4.72 Å². The van der Waals surface area contributed by atoms with Gasteiger partial charge in [-0.1, -0.05) is 18.2 Å². The predicted octanol–water partition coefficient (Wildman–Crippen LogP) is 3.10. The van der Waals surface area contributed by atoms with Gasteiger partial charge in [0.1, 0.15) is 5.82 Å². The van der Waals surface area contributed by atoms with Gasteiger partial charge in [-0.25, -0.2) is 17.5 Å². The van der Waals surface area contributed by atoms with Gasteiger partial charge in [-0.15, -0.1) is 0 Å². The van der Waals surface area contributed by atoms with Crippen molar-refractivity contribution < 1.29 is 27.3 Å². The fourth-order valence-corrected chi connectivity index (χ4v) is 3.73. The smallest absolute Gasteiger partial charge is 0.308 e. The zero-order chi connectivity index (χ0) is 20.9. The molecule has 0 aliphatic heterocycles. The molecule has 1 N–H and O–H groups in total. The van der Waals surface area contributed by atoms with Gasteiger partial charge in [-0.05, 0) is 38.1 Å². The minimum atomic E-state index is -4.19. The molecular weight excluding hydrogens is 391 g/mol. The van der Waals surface area contributed by atoms with Gasteiger partial charge in [0, 0.05) is 11.6 Å². The Morgan fingerprint density at radius 1 is 1.18 bits per heavy atom. The molecule has 1 atom stereocenters. The number of rotatable bonds is 8. The Hall–Kier alpha value is -2.85. The summed E-state index contributed by atoms with van der Waals surface area (Å²) in [4.78, 5) is 22.5. The molecule has 0 aliphatic carbocycles. The summed E-state index contributed by atoms with van der Waals surface area (Å²) in [6.45, 7) is 3.25. The summed E-state index contributed by atoms with van der Waals surface area (Å²) in [7, 11) is -4.19. The number of sulfonamides is 1. The minimum absolute atomic E-state index is 0.0129. The van der Waals surface area contributed by atoms with Gasteiger partial charge in [0.2, 0.25) is 10.0 Å². The van der Waals surface area contributed by atoms with Gasteiger partial charge in [0.25, 0.3) is 5.69 Å². The van der Waals surface area contributed by atoms with E-state index in [9.17, 15) is 27.7 Å². The van der Waals surface area contributed by atoms with Crippen LogP contribution in [0.15, 0.2) is 53.4 Å². The highest BCUT2D eigenvalue weighted by Gasteiger charge is 2.29. The average Bonchev–Trinajstić information content (AvgIpc) is 2.60. The Morgan fingerprint density at radius 2 is 1.79 bits per heavy atom. The third kappa shape index (κ3) is 5.57. The molecule has 28 heavy (non-hydrogen) atoms. The van der Waals surface area contributed by atoms with Gasteiger partial charge in [0.05, 0.1) is 28.4 Å². The summed E-state index contributed by atoms with van der Waals surface area (Å²) in [5.41, 5.74) is -0.328. The number of halogens is 1. The van der Waals surface area contributed by atoms with Gasteiger partial charge >= 0.3 is 5.97 Å². The van der Waals surface area contributed by atoms with Crippen molar-refractivity contribution >= 4 is 21.7 Å². The first kappa shape index (κ1) is 21.5. The van der Waals surface area contributed by atoms with Crippen LogP contribution in [0, 0.1) is 15.9 Å². The molecule has 10 heteroatoms. The predicted molar refractivity (Wildman–Crippen MR) is 98.4 cm³/mol. The highest BCUT2D eigenvalue weighted by Crippen LogP contribution is 2.29. The molecule has 0 amide bonds. The lowest BCUT2D eigenvalue weighted by molar-refractivity contribution is -0.385. The first-order chi connectivity index (χ1) is 13.1. The van der Waals surface area contributed by atoms with Crippen molar-refractivity contribution in [2.75, 3.05) is 0 Å². The van der Waals surface area contributed by atoms with Crippen LogP contribution in [-0.2, 0) is 19.6 Å². The van der Waals surface area contributed by atoms with E-state index in [-0.39, 0.29) is 16.1 Å². The van der Waals surface area contributed by atoms with Crippen LogP contribution >= 0.6 is 0 Å². The van der Waals surface area contributed by atoms with E-state index < -0.39 is 45.3 Å². The summed E-state index contributed by atoms with van der Waals surface area (Å²) in [6.07, 6.45) is -0.892. The molecule has 0 saturated heterocycles. The maximum atomic E-state index is 13.1. The number of benzene rings is 2. The lowest BCUT2D eigenvalue weighted by atomic mass is 10.0. The molecule has 2 aromatic carbocycles. The van der Waals surface area contributed by atoms with Crippen molar-refractivity contribution in [2.24, 2.45) is 0 Å². The second kappa shape index (κ2) is 8.89. The fraction of sp³-hybridized carbons (Fsp3) is 0.278. The zero-order valence-corrected chi connectivity index (χ0v) is 16.0. The van der Waals surface area contributed by atoms with E-state index >= 15 is 0 Å². The Bertz CT molecular complexity index is 960. The zero-order valence-electron chi connectivity index (χ0n) is 15.2. The molecule has 0 saturated carbocycles. The second-order valence-corrected chi connectivity index (χ2v) is 7.90. The standard InChI is InChI=1S/C18H19FN2O6S/c1-12(2)27-18(22)11-16(15-5-3-4-6-17(15)21(23)24)20-28(25,26)14-9-7-13(19)8-10-14/h3-10,12,16,20H,11H2,1-2H3. The van der Waals surface area contributed by atoms with Gasteiger partial charge in [-0.2, -0.15) is 0 Å². The normalized spacial score (nSPS) is 12.6. The average molecular weight is 410 g/mol. The molecule has 0 radical (unpaired) electrons. The number of nitro benzene ring substituents is 1. The third-order valence-electron chi connectivity index (χ3n) is 3.67. The first-order valence-electron chi connectivity index (χ1n) is 8.31. The summed E-state index contributed by atoms with van der Waals surface area (Å²) < 4.78 is 45.7. The molecule has 2 rings (SSSR count). The minimum Gasteiger partial charge on any atom is -0.463 e. The maximum absolute atomic E-state index is 13.1. The summed E-state index contributed by atoms with van der Waals surface area (Å²) in [6, 6.07) is 8.31. The number of carbonyl (C=O) groups excluding carboxylic acids is 1.